The van der Waals surface area contributed by atoms with Crippen molar-refractivity contribution in [1.82, 2.24) is 4.98 Å². The molecule has 1 heterocycles. The summed E-state index contributed by atoms with van der Waals surface area (Å²) in [4.78, 5) is 14.8. The zero-order valence-electron chi connectivity index (χ0n) is 8.90. The molecule has 1 atom stereocenters. The maximum Gasteiger partial charge on any atom is 0.357 e. The summed E-state index contributed by atoms with van der Waals surface area (Å²) in [6, 6.07) is 0. The fourth-order valence-electron chi connectivity index (χ4n) is 1.09. The van der Waals surface area contributed by atoms with E-state index in [1.54, 1.807) is 7.11 Å². The third-order valence-corrected chi connectivity index (χ3v) is 3.56. The summed E-state index contributed by atoms with van der Waals surface area (Å²) in [6.07, 6.45) is 0.704. The van der Waals surface area contributed by atoms with Crippen molar-refractivity contribution in [2.75, 3.05) is 12.8 Å². The molecule has 0 amide bonds. The van der Waals surface area contributed by atoms with E-state index in [2.05, 4.69) is 4.98 Å². The second-order valence-corrected chi connectivity index (χ2v) is 4.36. The van der Waals surface area contributed by atoms with E-state index in [4.69, 9.17) is 15.6 Å². The number of nitrogens with two attached hydrogens (primary N) is 1. The highest BCUT2D eigenvalue weighted by atomic mass is 32.1. The summed E-state index contributed by atoms with van der Waals surface area (Å²) in [5.74, 6) is -1.11. The lowest BCUT2D eigenvalue weighted by atomic mass is 10.1. The van der Waals surface area contributed by atoms with E-state index >= 15 is 0 Å². The highest BCUT2D eigenvalue weighted by Crippen LogP contribution is 2.34. The normalized spacial score (nSPS) is 14.9. The van der Waals surface area contributed by atoms with Crippen LogP contribution >= 0.6 is 11.3 Å². The van der Waals surface area contributed by atoms with Crippen LogP contribution in [0.2, 0.25) is 0 Å². The van der Waals surface area contributed by atoms with Crippen molar-refractivity contribution in [3.05, 3.63) is 10.7 Å². The van der Waals surface area contributed by atoms with Gasteiger partial charge in [-0.05, 0) is 13.3 Å². The fraction of sp³-hybridized carbons (Fsp3) is 0.556. The molecule has 0 fully saturated rings. The van der Waals surface area contributed by atoms with Gasteiger partial charge in [-0.3, -0.25) is 0 Å². The van der Waals surface area contributed by atoms with E-state index in [9.17, 15) is 4.79 Å². The lowest BCUT2D eigenvalue weighted by molar-refractivity contribution is -0.00168. The number of hydrogen-bond acceptors (Lipinski definition) is 5. The molecule has 0 aromatic carbocycles. The Hall–Kier alpha value is -1.14. The number of carboxylic acids is 1. The summed E-state index contributed by atoms with van der Waals surface area (Å²) in [6.45, 7) is 3.80. The van der Waals surface area contributed by atoms with E-state index in [1.807, 2.05) is 13.8 Å². The minimum Gasteiger partial charge on any atom is -0.476 e. The SMILES string of the molecule is CCC(C)(OC)c1nc(C(=O)O)c(N)s1. The maximum atomic E-state index is 10.8. The van der Waals surface area contributed by atoms with Crippen LogP contribution < -0.4 is 5.73 Å². The number of rotatable bonds is 4. The Kier molecular flexibility index (Phi) is 3.31. The van der Waals surface area contributed by atoms with Gasteiger partial charge in [0.2, 0.25) is 0 Å². The number of nitrogen functional groups attached to an aromatic ring is 1. The van der Waals surface area contributed by atoms with Gasteiger partial charge in [-0.25, -0.2) is 9.78 Å². The number of carbonyl (C=O) groups is 1. The topological polar surface area (TPSA) is 85.4 Å². The second kappa shape index (κ2) is 4.16. The summed E-state index contributed by atoms with van der Waals surface area (Å²) in [5, 5.41) is 9.63. The highest BCUT2D eigenvalue weighted by molar-refractivity contribution is 7.16. The number of aromatic nitrogens is 1. The van der Waals surface area contributed by atoms with Crippen molar-refractivity contribution in [2.45, 2.75) is 25.9 Å². The molecule has 0 radical (unpaired) electrons. The van der Waals surface area contributed by atoms with E-state index in [0.29, 0.717) is 11.4 Å². The molecule has 0 aliphatic carbocycles. The van der Waals surface area contributed by atoms with E-state index in [1.165, 1.54) is 0 Å². The minimum absolute atomic E-state index is 0.0910. The number of thiazole rings is 1. The summed E-state index contributed by atoms with van der Waals surface area (Å²) in [5.41, 5.74) is 4.91. The van der Waals surface area contributed by atoms with Crippen molar-refractivity contribution >= 4 is 22.3 Å². The average Bonchev–Trinajstić information content (AvgIpc) is 2.59. The van der Waals surface area contributed by atoms with Gasteiger partial charge in [0.15, 0.2) is 5.69 Å². The highest BCUT2D eigenvalue weighted by Gasteiger charge is 2.30. The van der Waals surface area contributed by atoms with E-state index in [-0.39, 0.29) is 10.7 Å². The van der Waals surface area contributed by atoms with Gasteiger partial charge in [0.1, 0.15) is 15.6 Å². The van der Waals surface area contributed by atoms with Crippen LogP contribution in [0.15, 0.2) is 0 Å². The van der Waals surface area contributed by atoms with E-state index < -0.39 is 11.6 Å². The third-order valence-electron chi connectivity index (χ3n) is 2.43. The quantitative estimate of drug-likeness (QED) is 0.822. The van der Waals surface area contributed by atoms with Gasteiger partial charge in [-0.1, -0.05) is 18.3 Å². The molecule has 1 rings (SSSR count). The fourth-order valence-corrected chi connectivity index (χ4v) is 2.11. The van der Waals surface area contributed by atoms with Crippen LogP contribution in [0.5, 0.6) is 0 Å². The van der Waals surface area contributed by atoms with Crippen molar-refractivity contribution in [1.29, 1.82) is 0 Å². The van der Waals surface area contributed by atoms with Crippen LogP contribution in [0.25, 0.3) is 0 Å². The number of carboxylic acid groups (broad SMARTS) is 1. The first-order valence-electron chi connectivity index (χ1n) is 4.49. The number of aromatic carboxylic acids is 1. The molecule has 6 heteroatoms. The van der Waals surface area contributed by atoms with Gasteiger partial charge in [0.05, 0.1) is 0 Å². The second-order valence-electron chi connectivity index (χ2n) is 3.33. The molecule has 1 aromatic heterocycles. The first kappa shape index (κ1) is 11.9. The molecule has 1 unspecified atom stereocenters. The van der Waals surface area contributed by atoms with Gasteiger partial charge in [0, 0.05) is 7.11 Å². The number of ether oxygens (including phenoxy) is 1. The molecule has 0 bridgehead atoms. The Morgan fingerprint density at radius 2 is 2.33 bits per heavy atom. The predicted octanol–water partition coefficient (Wildman–Crippen LogP) is 1.70. The van der Waals surface area contributed by atoms with Gasteiger partial charge in [0.25, 0.3) is 0 Å². The lowest BCUT2D eigenvalue weighted by Crippen LogP contribution is -2.23. The Morgan fingerprint density at radius 3 is 2.67 bits per heavy atom. The van der Waals surface area contributed by atoms with E-state index in [0.717, 1.165) is 11.3 Å². The first-order valence-corrected chi connectivity index (χ1v) is 5.31. The smallest absolute Gasteiger partial charge is 0.357 e. The molecule has 5 nitrogen and oxygen atoms in total. The number of hydrogen-bond donors (Lipinski definition) is 2. The molecule has 0 aliphatic heterocycles. The Bertz CT molecular complexity index is 371. The van der Waals surface area contributed by atoms with Crippen molar-refractivity contribution in [3.63, 3.8) is 0 Å². The van der Waals surface area contributed by atoms with Crippen LogP contribution in [-0.4, -0.2) is 23.2 Å². The molecule has 0 saturated carbocycles. The predicted molar refractivity (Wildman–Crippen MR) is 58.1 cm³/mol. The average molecular weight is 230 g/mol. The van der Waals surface area contributed by atoms with Gasteiger partial charge in [-0.2, -0.15) is 0 Å². The van der Waals surface area contributed by atoms with Crippen molar-refractivity contribution in [3.8, 4) is 0 Å². The summed E-state index contributed by atoms with van der Waals surface area (Å²) >= 11 is 1.16. The maximum absolute atomic E-state index is 10.8. The van der Waals surface area contributed by atoms with Gasteiger partial charge < -0.3 is 15.6 Å². The standard InChI is InChI=1S/C9H14N2O3S/c1-4-9(2,14-3)8-11-5(7(12)13)6(10)15-8/h4,10H2,1-3H3,(H,12,13). The zero-order chi connectivity index (χ0) is 11.6. The van der Waals surface area contributed by atoms with Crippen molar-refractivity contribution in [2.24, 2.45) is 0 Å². The molecule has 3 N–H and O–H groups in total. The van der Waals surface area contributed by atoms with Gasteiger partial charge >= 0.3 is 5.97 Å². The Balaban J connectivity index is 3.17. The number of methoxy groups -OCH3 is 1. The summed E-state index contributed by atoms with van der Waals surface area (Å²) < 4.78 is 5.32. The minimum atomic E-state index is -1.11. The monoisotopic (exact) mass is 230 g/mol. The molecule has 0 spiro atoms. The largest absolute Gasteiger partial charge is 0.476 e. The number of nitrogens with zero attached hydrogens (tertiary/aromatic N) is 1. The molecular weight excluding hydrogens is 216 g/mol. The summed E-state index contributed by atoms with van der Waals surface area (Å²) in [7, 11) is 1.57. The van der Waals surface area contributed by atoms with Crippen molar-refractivity contribution < 1.29 is 14.6 Å². The molecule has 84 valence electrons. The Morgan fingerprint density at radius 1 is 1.73 bits per heavy atom. The molecular formula is C9H14N2O3S. The van der Waals surface area contributed by atoms with Crippen LogP contribution in [0.1, 0.15) is 35.8 Å². The molecule has 1 aromatic rings. The van der Waals surface area contributed by atoms with Crippen LogP contribution in [-0.2, 0) is 10.3 Å². The molecule has 0 aliphatic rings. The number of anilines is 1. The first-order chi connectivity index (χ1) is 6.94. The zero-order valence-corrected chi connectivity index (χ0v) is 9.72. The van der Waals surface area contributed by atoms with Crippen LogP contribution in [0, 0.1) is 0 Å². The van der Waals surface area contributed by atoms with Crippen LogP contribution in [0.4, 0.5) is 5.00 Å². The molecule has 0 saturated heterocycles. The van der Waals surface area contributed by atoms with Gasteiger partial charge in [-0.15, -0.1) is 0 Å². The lowest BCUT2D eigenvalue weighted by Gasteiger charge is -2.23. The Labute approximate surface area is 91.9 Å². The van der Waals surface area contributed by atoms with Crippen LogP contribution in [0.3, 0.4) is 0 Å². The molecule has 15 heavy (non-hydrogen) atoms. The third kappa shape index (κ3) is 2.10.